The predicted molar refractivity (Wildman–Crippen MR) is 70.5 cm³/mol. The van der Waals surface area contributed by atoms with Crippen molar-refractivity contribution < 1.29 is 9.13 Å². The highest BCUT2D eigenvalue weighted by Crippen LogP contribution is 2.33. The number of para-hydroxylation sites is 1. The number of benzene rings is 2. The van der Waals surface area contributed by atoms with Crippen LogP contribution in [-0.4, -0.2) is 0 Å². The van der Waals surface area contributed by atoms with Crippen LogP contribution in [0.1, 0.15) is 5.56 Å². The summed E-state index contributed by atoms with van der Waals surface area (Å²) in [4.78, 5) is 0. The molecule has 0 saturated heterocycles. The SMILES string of the molecule is Cc1cc(Oc2c(F)cccc2Cl)ccc1NN. The lowest BCUT2D eigenvalue weighted by Gasteiger charge is -2.11. The fourth-order valence-electron chi connectivity index (χ4n) is 1.56. The first kappa shape index (κ1) is 12.7. The van der Waals surface area contributed by atoms with Gasteiger partial charge in [0.25, 0.3) is 0 Å². The van der Waals surface area contributed by atoms with Gasteiger partial charge in [0.05, 0.1) is 10.7 Å². The molecule has 0 amide bonds. The molecule has 0 unspecified atom stereocenters. The fraction of sp³-hybridized carbons (Fsp3) is 0.0769. The van der Waals surface area contributed by atoms with Crippen molar-refractivity contribution in [3.8, 4) is 11.5 Å². The molecule has 2 aromatic carbocycles. The Labute approximate surface area is 109 Å². The van der Waals surface area contributed by atoms with Gasteiger partial charge in [0.15, 0.2) is 11.6 Å². The molecule has 94 valence electrons. The van der Waals surface area contributed by atoms with Crippen molar-refractivity contribution in [3.63, 3.8) is 0 Å². The molecule has 0 heterocycles. The van der Waals surface area contributed by atoms with Gasteiger partial charge in [-0.2, -0.15) is 0 Å². The summed E-state index contributed by atoms with van der Waals surface area (Å²) in [6.45, 7) is 1.87. The zero-order valence-corrected chi connectivity index (χ0v) is 10.5. The lowest BCUT2D eigenvalue weighted by Crippen LogP contribution is -2.07. The van der Waals surface area contributed by atoms with E-state index in [1.807, 2.05) is 6.92 Å². The first-order valence-electron chi connectivity index (χ1n) is 5.31. The van der Waals surface area contributed by atoms with Gasteiger partial charge in [0.2, 0.25) is 0 Å². The Morgan fingerprint density at radius 1 is 1.28 bits per heavy atom. The third-order valence-electron chi connectivity index (χ3n) is 2.49. The number of anilines is 1. The van der Waals surface area contributed by atoms with Crippen molar-refractivity contribution in [1.82, 2.24) is 0 Å². The Morgan fingerprint density at radius 3 is 2.67 bits per heavy atom. The molecule has 3 nitrogen and oxygen atoms in total. The standard InChI is InChI=1S/C13H12ClFN2O/c1-8-7-9(5-6-12(8)17-16)18-13-10(14)3-2-4-11(13)15/h2-7,17H,16H2,1H3. The second kappa shape index (κ2) is 5.25. The largest absolute Gasteiger partial charge is 0.453 e. The van der Waals surface area contributed by atoms with Gasteiger partial charge in [0, 0.05) is 0 Å². The third-order valence-corrected chi connectivity index (χ3v) is 2.79. The maximum Gasteiger partial charge on any atom is 0.181 e. The van der Waals surface area contributed by atoms with Crippen LogP contribution >= 0.6 is 11.6 Å². The van der Waals surface area contributed by atoms with Gasteiger partial charge in [-0.15, -0.1) is 0 Å². The lowest BCUT2D eigenvalue weighted by molar-refractivity contribution is 0.442. The molecule has 3 N–H and O–H groups in total. The van der Waals surface area contributed by atoms with Crippen molar-refractivity contribution in [2.24, 2.45) is 5.84 Å². The van der Waals surface area contributed by atoms with E-state index in [9.17, 15) is 4.39 Å². The van der Waals surface area contributed by atoms with E-state index in [0.29, 0.717) is 5.75 Å². The van der Waals surface area contributed by atoms with Gasteiger partial charge >= 0.3 is 0 Å². The summed E-state index contributed by atoms with van der Waals surface area (Å²) < 4.78 is 19.0. The van der Waals surface area contributed by atoms with Crippen LogP contribution in [0.2, 0.25) is 5.02 Å². The second-order valence-electron chi connectivity index (χ2n) is 3.77. The van der Waals surface area contributed by atoms with Gasteiger partial charge < -0.3 is 10.2 Å². The number of ether oxygens (including phenoxy) is 1. The smallest absolute Gasteiger partial charge is 0.181 e. The molecule has 0 aliphatic heterocycles. The van der Waals surface area contributed by atoms with Crippen LogP contribution in [0.4, 0.5) is 10.1 Å². The fourth-order valence-corrected chi connectivity index (χ4v) is 1.76. The molecular weight excluding hydrogens is 255 g/mol. The van der Waals surface area contributed by atoms with Crippen LogP contribution in [0.3, 0.4) is 0 Å². The maximum absolute atomic E-state index is 13.5. The van der Waals surface area contributed by atoms with Crippen LogP contribution in [0.15, 0.2) is 36.4 Å². The van der Waals surface area contributed by atoms with E-state index in [1.165, 1.54) is 12.1 Å². The summed E-state index contributed by atoms with van der Waals surface area (Å²) in [6.07, 6.45) is 0. The Morgan fingerprint density at radius 2 is 2.06 bits per heavy atom. The highest BCUT2D eigenvalue weighted by molar-refractivity contribution is 6.32. The van der Waals surface area contributed by atoms with Crippen molar-refractivity contribution in [1.29, 1.82) is 0 Å². The van der Waals surface area contributed by atoms with Gasteiger partial charge in [-0.1, -0.05) is 17.7 Å². The van der Waals surface area contributed by atoms with Crippen molar-refractivity contribution in [2.45, 2.75) is 6.92 Å². The minimum Gasteiger partial charge on any atom is -0.453 e. The Kier molecular flexibility index (Phi) is 3.69. The van der Waals surface area contributed by atoms with E-state index < -0.39 is 5.82 Å². The number of nitrogens with one attached hydrogen (secondary N) is 1. The molecule has 0 radical (unpaired) electrons. The molecule has 2 aromatic rings. The average Bonchev–Trinajstić information content (AvgIpc) is 2.34. The average molecular weight is 267 g/mol. The van der Waals surface area contributed by atoms with E-state index in [2.05, 4.69) is 5.43 Å². The summed E-state index contributed by atoms with van der Waals surface area (Å²) in [6, 6.07) is 9.58. The molecule has 0 bridgehead atoms. The number of aryl methyl sites for hydroxylation is 1. The molecule has 0 saturated carbocycles. The molecule has 0 fully saturated rings. The van der Waals surface area contributed by atoms with Crippen LogP contribution in [-0.2, 0) is 0 Å². The van der Waals surface area contributed by atoms with Gasteiger partial charge in [-0.05, 0) is 42.8 Å². The van der Waals surface area contributed by atoms with E-state index in [-0.39, 0.29) is 10.8 Å². The summed E-state index contributed by atoms with van der Waals surface area (Å²) in [5.41, 5.74) is 4.22. The van der Waals surface area contributed by atoms with E-state index >= 15 is 0 Å². The number of halogens is 2. The zero-order valence-electron chi connectivity index (χ0n) is 9.71. The highest BCUT2D eigenvalue weighted by Gasteiger charge is 2.09. The van der Waals surface area contributed by atoms with Crippen LogP contribution in [0.5, 0.6) is 11.5 Å². The minimum absolute atomic E-state index is 0.0204. The number of hydrazine groups is 1. The van der Waals surface area contributed by atoms with E-state index in [4.69, 9.17) is 22.2 Å². The number of nitrogens with two attached hydrogens (primary N) is 1. The Balaban J connectivity index is 2.32. The Bertz CT molecular complexity index is 555. The molecule has 0 aliphatic carbocycles. The molecule has 5 heteroatoms. The summed E-state index contributed by atoms with van der Waals surface area (Å²) in [5, 5.41) is 0.230. The van der Waals surface area contributed by atoms with Crippen molar-refractivity contribution >= 4 is 17.3 Å². The molecule has 0 atom stereocenters. The summed E-state index contributed by atoms with van der Waals surface area (Å²) >= 11 is 5.88. The topological polar surface area (TPSA) is 47.3 Å². The molecular formula is C13H12ClFN2O. The van der Waals surface area contributed by atoms with E-state index in [1.54, 1.807) is 24.3 Å². The summed E-state index contributed by atoms with van der Waals surface area (Å²) in [5.74, 6) is 5.35. The van der Waals surface area contributed by atoms with Crippen LogP contribution in [0.25, 0.3) is 0 Å². The first-order chi connectivity index (χ1) is 8.61. The molecule has 0 aromatic heterocycles. The number of hydrogen-bond donors (Lipinski definition) is 2. The predicted octanol–water partition coefficient (Wildman–Crippen LogP) is 3.87. The van der Waals surface area contributed by atoms with Gasteiger partial charge in [-0.25, -0.2) is 4.39 Å². The normalized spacial score (nSPS) is 10.2. The Hall–Kier alpha value is -1.78. The molecule has 2 rings (SSSR count). The third kappa shape index (κ3) is 2.55. The monoisotopic (exact) mass is 266 g/mol. The zero-order chi connectivity index (χ0) is 13.1. The minimum atomic E-state index is -0.499. The summed E-state index contributed by atoms with van der Waals surface area (Å²) in [7, 11) is 0. The molecule has 18 heavy (non-hydrogen) atoms. The number of nitrogen functional groups attached to an aromatic ring is 1. The van der Waals surface area contributed by atoms with Crippen LogP contribution in [0, 0.1) is 12.7 Å². The molecule has 0 spiro atoms. The van der Waals surface area contributed by atoms with Gasteiger partial charge in [-0.3, -0.25) is 5.84 Å². The lowest BCUT2D eigenvalue weighted by atomic mass is 10.2. The van der Waals surface area contributed by atoms with Crippen molar-refractivity contribution in [2.75, 3.05) is 5.43 Å². The van der Waals surface area contributed by atoms with E-state index in [0.717, 1.165) is 11.3 Å². The highest BCUT2D eigenvalue weighted by atomic mass is 35.5. The number of rotatable bonds is 3. The van der Waals surface area contributed by atoms with Crippen molar-refractivity contribution in [3.05, 3.63) is 52.8 Å². The van der Waals surface area contributed by atoms with Gasteiger partial charge in [0.1, 0.15) is 5.75 Å². The molecule has 0 aliphatic rings. The maximum atomic E-state index is 13.5. The number of hydrogen-bond acceptors (Lipinski definition) is 3. The van der Waals surface area contributed by atoms with Crippen LogP contribution < -0.4 is 16.0 Å². The second-order valence-corrected chi connectivity index (χ2v) is 4.18. The quantitative estimate of drug-likeness (QED) is 0.655. The first-order valence-corrected chi connectivity index (χ1v) is 5.68.